The summed E-state index contributed by atoms with van der Waals surface area (Å²) >= 11 is 5.37. The van der Waals surface area contributed by atoms with Gasteiger partial charge in [-0.2, -0.15) is 14.9 Å². The van der Waals surface area contributed by atoms with E-state index in [1.165, 1.54) is 22.8 Å². The van der Waals surface area contributed by atoms with Crippen LogP contribution in [0.5, 0.6) is 0 Å². The molecule has 1 aliphatic rings. The maximum absolute atomic E-state index is 5.90. The lowest BCUT2D eigenvalue weighted by Gasteiger charge is -2.06. The summed E-state index contributed by atoms with van der Waals surface area (Å²) in [5.41, 5.74) is 1.19. The van der Waals surface area contributed by atoms with Gasteiger partial charge in [-0.15, -0.1) is 0 Å². The molecule has 0 bridgehead atoms. The van der Waals surface area contributed by atoms with Crippen molar-refractivity contribution in [2.75, 3.05) is 0 Å². The molecule has 28 heavy (non-hydrogen) atoms. The minimum absolute atomic E-state index is 0.467. The van der Waals surface area contributed by atoms with Crippen LogP contribution >= 0.6 is 12.2 Å². The van der Waals surface area contributed by atoms with Crippen LogP contribution < -0.4 is 0 Å². The summed E-state index contributed by atoms with van der Waals surface area (Å²) < 4.78 is 8.04. The third-order valence-electron chi connectivity index (χ3n) is 5.37. The van der Waals surface area contributed by atoms with Crippen molar-refractivity contribution in [2.45, 2.75) is 25.7 Å². The quantitative estimate of drug-likeness (QED) is 0.374. The number of furan rings is 1. The van der Waals surface area contributed by atoms with E-state index in [2.05, 4.69) is 58.6 Å². The lowest BCUT2D eigenvalue weighted by atomic mass is 10.0. The van der Waals surface area contributed by atoms with Crippen LogP contribution in [0.15, 0.2) is 64.1 Å². The molecule has 0 radical (unpaired) electrons. The molecule has 0 aliphatic heterocycles. The normalized spacial score (nSPS) is 18.9. The van der Waals surface area contributed by atoms with Gasteiger partial charge in [0.1, 0.15) is 11.5 Å². The van der Waals surface area contributed by atoms with Gasteiger partial charge in [0.05, 0.1) is 6.21 Å². The molecule has 2 atom stereocenters. The average Bonchev–Trinajstić information content (AvgIpc) is 3.10. The highest BCUT2D eigenvalue weighted by Gasteiger charge is 2.36. The number of nitrogens with zero attached hydrogens (tertiary/aromatic N) is 3. The van der Waals surface area contributed by atoms with E-state index in [-0.39, 0.29) is 0 Å². The molecule has 2 aromatic heterocycles. The highest BCUT2D eigenvalue weighted by molar-refractivity contribution is 7.71. The number of fused-ring (bicyclic) bond motifs is 1. The predicted octanol–water partition coefficient (Wildman–Crippen LogP) is 5.28. The highest BCUT2D eigenvalue weighted by atomic mass is 32.1. The van der Waals surface area contributed by atoms with Crippen LogP contribution in [0.25, 0.3) is 10.8 Å². The largest absolute Gasteiger partial charge is 0.460 e. The second-order valence-electron chi connectivity index (χ2n) is 7.38. The van der Waals surface area contributed by atoms with Crippen molar-refractivity contribution < 1.29 is 4.42 Å². The Hall–Kier alpha value is -2.99. The molecule has 1 aliphatic carbocycles. The molecule has 5 rings (SSSR count). The fourth-order valence-electron chi connectivity index (χ4n) is 3.65. The monoisotopic (exact) mass is 388 g/mol. The Morgan fingerprint density at radius 3 is 2.89 bits per heavy atom. The van der Waals surface area contributed by atoms with Crippen molar-refractivity contribution in [3.05, 3.63) is 82.3 Å². The maximum atomic E-state index is 5.90. The molecule has 6 heteroatoms. The second kappa shape index (κ2) is 6.87. The standard InChI is InChI=1S/C22H20N4OS/c1-14-11-19(14)20-10-9-17(27-20)13-23-26-21(24-25-22(26)28)12-16-7-4-6-15-5-2-3-8-18(15)16/h2-10,13-14,19H,11-12H2,1H3,(H,25,28)/b23-13-/t14-,19+/m0/s1. The van der Waals surface area contributed by atoms with Gasteiger partial charge in [-0.05, 0) is 53.0 Å². The van der Waals surface area contributed by atoms with Crippen molar-refractivity contribution in [3.63, 3.8) is 0 Å². The Kier molecular flexibility index (Phi) is 4.20. The summed E-state index contributed by atoms with van der Waals surface area (Å²) in [5, 5.41) is 14.2. The van der Waals surface area contributed by atoms with Crippen LogP contribution in [0, 0.1) is 10.7 Å². The Morgan fingerprint density at radius 2 is 2.04 bits per heavy atom. The second-order valence-corrected chi connectivity index (χ2v) is 7.76. The molecule has 1 N–H and O–H groups in total. The summed E-state index contributed by atoms with van der Waals surface area (Å²) in [6, 6.07) is 18.6. The molecule has 2 aromatic carbocycles. The molecule has 1 fully saturated rings. The first-order valence-electron chi connectivity index (χ1n) is 9.46. The van der Waals surface area contributed by atoms with E-state index >= 15 is 0 Å². The number of benzene rings is 2. The topological polar surface area (TPSA) is 59.1 Å². The summed E-state index contributed by atoms with van der Waals surface area (Å²) in [5.74, 6) is 3.81. The molecular weight excluding hydrogens is 368 g/mol. The minimum atomic E-state index is 0.467. The van der Waals surface area contributed by atoms with Crippen molar-refractivity contribution in [1.82, 2.24) is 14.9 Å². The van der Waals surface area contributed by atoms with E-state index in [9.17, 15) is 0 Å². The zero-order chi connectivity index (χ0) is 19.1. The first-order valence-corrected chi connectivity index (χ1v) is 9.87. The van der Waals surface area contributed by atoms with Gasteiger partial charge in [-0.25, -0.2) is 0 Å². The maximum Gasteiger partial charge on any atom is 0.216 e. The summed E-state index contributed by atoms with van der Waals surface area (Å²) in [6.45, 7) is 2.24. The first-order chi connectivity index (χ1) is 13.7. The Bertz CT molecular complexity index is 1230. The molecule has 140 valence electrons. The van der Waals surface area contributed by atoms with Gasteiger partial charge in [0.15, 0.2) is 5.82 Å². The van der Waals surface area contributed by atoms with Gasteiger partial charge in [-0.1, -0.05) is 49.4 Å². The van der Waals surface area contributed by atoms with Crippen molar-refractivity contribution >= 4 is 29.2 Å². The van der Waals surface area contributed by atoms with Crippen LogP contribution in [0.3, 0.4) is 0 Å². The van der Waals surface area contributed by atoms with E-state index in [1.807, 2.05) is 18.2 Å². The number of rotatable bonds is 5. The van der Waals surface area contributed by atoms with Crippen molar-refractivity contribution in [2.24, 2.45) is 11.0 Å². The van der Waals surface area contributed by atoms with E-state index in [1.54, 1.807) is 10.9 Å². The lowest BCUT2D eigenvalue weighted by molar-refractivity contribution is 0.500. The van der Waals surface area contributed by atoms with Gasteiger partial charge in [0.2, 0.25) is 4.77 Å². The van der Waals surface area contributed by atoms with Crippen LogP contribution in [0.4, 0.5) is 0 Å². The predicted molar refractivity (Wildman–Crippen MR) is 112 cm³/mol. The van der Waals surface area contributed by atoms with Gasteiger partial charge in [-0.3, -0.25) is 5.10 Å². The van der Waals surface area contributed by atoms with E-state index in [0.717, 1.165) is 17.3 Å². The average molecular weight is 388 g/mol. The van der Waals surface area contributed by atoms with Gasteiger partial charge < -0.3 is 4.42 Å². The molecule has 5 nitrogen and oxygen atoms in total. The Labute approximate surface area is 167 Å². The van der Waals surface area contributed by atoms with Gasteiger partial charge in [0.25, 0.3) is 0 Å². The summed E-state index contributed by atoms with van der Waals surface area (Å²) in [7, 11) is 0. The zero-order valence-electron chi connectivity index (χ0n) is 15.5. The van der Waals surface area contributed by atoms with Gasteiger partial charge >= 0.3 is 0 Å². The first kappa shape index (κ1) is 17.1. The fraction of sp³-hybridized carbons (Fsp3) is 0.227. The number of nitrogens with one attached hydrogen (secondary N) is 1. The van der Waals surface area contributed by atoms with Crippen LogP contribution in [-0.2, 0) is 6.42 Å². The molecular formula is C22H20N4OS. The SMILES string of the molecule is C[C@H]1C[C@H]1c1ccc(/C=N\n2c(Cc3cccc4ccccc34)n[nH]c2=S)o1. The fourth-order valence-corrected chi connectivity index (χ4v) is 3.84. The van der Waals surface area contributed by atoms with E-state index in [0.29, 0.717) is 23.0 Å². The van der Waals surface area contributed by atoms with Crippen LogP contribution in [0.2, 0.25) is 0 Å². The molecule has 0 amide bonds. The van der Waals surface area contributed by atoms with Crippen LogP contribution in [0.1, 0.15) is 42.2 Å². The molecule has 0 saturated heterocycles. The lowest BCUT2D eigenvalue weighted by Crippen LogP contribution is -2.01. The molecule has 0 spiro atoms. The number of hydrogen-bond donors (Lipinski definition) is 1. The van der Waals surface area contributed by atoms with Gasteiger partial charge in [0, 0.05) is 12.3 Å². The highest BCUT2D eigenvalue weighted by Crippen LogP contribution is 2.47. The third-order valence-corrected chi connectivity index (χ3v) is 5.63. The zero-order valence-corrected chi connectivity index (χ0v) is 16.3. The smallest absolute Gasteiger partial charge is 0.216 e. The third kappa shape index (κ3) is 3.20. The number of aromatic amines is 1. The summed E-state index contributed by atoms with van der Waals surface area (Å²) in [6.07, 6.45) is 3.54. The molecule has 4 aromatic rings. The number of H-pyrrole nitrogens is 1. The Balaban J connectivity index is 1.43. The molecule has 0 unspecified atom stereocenters. The molecule has 1 saturated carbocycles. The summed E-state index contributed by atoms with van der Waals surface area (Å²) in [4.78, 5) is 0. The van der Waals surface area contributed by atoms with Crippen molar-refractivity contribution in [1.29, 1.82) is 0 Å². The van der Waals surface area contributed by atoms with E-state index in [4.69, 9.17) is 16.6 Å². The van der Waals surface area contributed by atoms with Crippen molar-refractivity contribution in [3.8, 4) is 0 Å². The van der Waals surface area contributed by atoms with Crippen LogP contribution in [-0.4, -0.2) is 21.1 Å². The number of aromatic nitrogens is 3. The minimum Gasteiger partial charge on any atom is -0.460 e. The number of hydrogen-bond acceptors (Lipinski definition) is 4. The molecule has 2 heterocycles. The van der Waals surface area contributed by atoms with E-state index < -0.39 is 0 Å². The Morgan fingerprint density at radius 1 is 1.21 bits per heavy atom.